The van der Waals surface area contributed by atoms with E-state index < -0.39 is 0 Å². The molecule has 1 aliphatic rings. The summed E-state index contributed by atoms with van der Waals surface area (Å²) in [5.74, 6) is 6.09. The molecule has 4 heteroatoms. The molecule has 0 aromatic heterocycles. The lowest BCUT2D eigenvalue weighted by Gasteiger charge is -2.29. The molecule has 1 fully saturated rings. The van der Waals surface area contributed by atoms with E-state index in [1.54, 1.807) is 6.92 Å². The molecule has 17 heavy (non-hydrogen) atoms. The third kappa shape index (κ3) is 4.76. The summed E-state index contributed by atoms with van der Waals surface area (Å²) in [6.45, 7) is 10.1. The van der Waals surface area contributed by atoms with Gasteiger partial charge in [0.05, 0.1) is 18.8 Å². The molecule has 0 bridgehead atoms. The van der Waals surface area contributed by atoms with Crippen molar-refractivity contribution in [2.45, 2.75) is 39.8 Å². The highest BCUT2D eigenvalue weighted by Crippen LogP contribution is 2.05. The molecule has 2 atom stereocenters. The molecule has 0 aromatic carbocycles. The Kier molecular flexibility index (Phi) is 6.03. The molecule has 96 valence electrons. The fourth-order valence-electron chi connectivity index (χ4n) is 1.55. The Morgan fingerprint density at radius 3 is 2.94 bits per heavy atom. The summed E-state index contributed by atoms with van der Waals surface area (Å²) >= 11 is 0. The molecule has 0 amide bonds. The SMILES string of the molecule is CC#C/C(=N\OC[C@@H]1NCCO[C@H]1C)C(C)C. The van der Waals surface area contributed by atoms with Gasteiger partial charge in [-0.15, -0.1) is 0 Å². The fraction of sp³-hybridized carbons (Fsp3) is 0.769. The Balaban J connectivity index is 2.42. The van der Waals surface area contributed by atoms with E-state index >= 15 is 0 Å². The van der Waals surface area contributed by atoms with Gasteiger partial charge in [0, 0.05) is 12.5 Å². The van der Waals surface area contributed by atoms with Gasteiger partial charge in [-0.05, 0) is 19.8 Å². The minimum Gasteiger partial charge on any atom is -0.393 e. The normalized spacial score (nSPS) is 25.4. The van der Waals surface area contributed by atoms with Crippen LogP contribution in [0.15, 0.2) is 5.16 Å². The number of oxime groups is 1. The lowest BCUT2D eigenvalue weighted by molar-refractivity contribution is -0.0219. The van der Waals surface area contributed by atoms with Crippen molar-refractivity contribution >= 4 is 5.71 Å². The summed E-state index contributed by atoms with van der Waals surface area (Å²) in [4.78, 5) is 5.36. The number of nitrogens with zero attached hydrogens (tertiary/aromatic N) is 1. The van der Waals surface area contributed by atoms with E-state index in [9.17, 15) is 0 Å². The van der Waals surface area contributed by atoms with Crippen LogP contribution in [-0.4, -0.2) is 37.6 Å². The van der Waals surface area contributed by atoms with E-state index in [1.165, 1.54) is 0 Å². The largest absolute Gasteiger partial charge is 0.393 e. The highest BCUT2D eigenvalue weighted by molar-refractivity contribution is 6.01. The minimum atomic E-state index is 0.165. The smallest absolute Gasteiger partial charge is 0.135 e. The predicted molar refractivity (Wildman–Crippen MR) is 68.9 cm³/mol. The predicted octanol–water partition coefficient (Wildman–Crippen LogP) is 1.42. The first kappa shape index (κ1) is 14.0. The lowest BCUT2D eigenvalue weighted by Crippen LogP contribution is -2.49. The summed E-state index contributed by atoms with van der Waals surface area (Å²) in [7, 11) is 0. The fourth-order valence-corrected chi connectivity index (χ4v) is 1.55. The van der Waals surface area contributed by atoms with Crippen LogP contribution in [0.4, 0.5) is 0 Å². The molecule has 1 aliphatic heterocycles. The second-order valence-electron chi connectivity index (χ2n) is 4.44. The zero-order valence-electron chi connectivity index (χ0n) is 11.1. The highest BCUT2D eigenvalue weighted by atomic mass is 16.6. The Bertz CT molecular complexity index is 315. The zero-order chi connectivity index (χ0) is 12.7. The van der Waals surface area contributed by atoms with E-state index in [0.29, 0.717) is 6.61 Å². The summed E-state index contributed by atoms with van der Waals surface area (Å²) in [5, 5.41) is 7.44. The van der Waals surface area contributed by atoms with Gasteiger partial charge < -0.3 is 14.9 Å². The van der Waals surface area contributed by atoms with E-state index in [4.69, 9.17) is 9.57 Å². The third-order valence-electron chi connectivity index (χ3n) is 2.67. The van der Waals surface area contributed by atoms with Crippen molar-refractivity contribution in [3.8, 4) is 11.8 Å². The topological polar surface area (TPSA) is 42.8 Å². The molecular formula is C13H22N2O2. The zero-order valence-corrected chi connectivity index (χ0v) is 11.1. The van der Waals surface area contributed by atoms with Crippen LogP contribution >= 0.6 is 0 Å². The molecular weight excluding hydrogens is 216 g/mol. The number of nitrogens with one attached hydrogen (secondary N) is 1. The Hall–Kier alpha value is -1.05. The van der Waals surface area contributed by atoms with Crippen molar-refractivity contribution in [3.63, 3.8) is 0 Å². The minimum absolute atomic E-state index is 0.165. The monoisotopic (exact) mass is 238 g/mol. The van der Waals surface area contributed by atoms with Crippen LogP contribution in [-0.2, 0) is 9.57 Å². The summed E-state index contributed by atoms with van der Waals surface area (Å²) < 4.78 is 5.52. The molecule has 4 nitrogen and oxygen atoms in total. The van der Waals surface area contributed by atoms with Gasteiger partial charge in [-0.3, -0.25) is 0 Å². The quantitative estimate of drug-likeness (QED) is 0.457. The standard InChI is InChI=1S/C13H22N2O2/c1-5-6-12(10(2)3)15-17-9-13-11(4)16-8-7-14-13/h10-11,13-14H,7-9H2,1-4H3/b15-12+/t11-,13-/m0/s1. The van der Waals surface area contributed by atoms with Crippen LogP contribution in [0.2, 0.25) is 0 Å². The number of hydrogen-bond donors (Lipinski definition) is 1. The van der Waals surface area contributed by atoms with Crippen LogP contribution < -0.4 is 5.32 Å². The first-order valence-electron chi connectivity index (χ1n) is 6.12. The second-order valence-corrected chi connectivity index (χ2v) is 4.44. The van der Waals surface area contributed by atoms with Crippen LogP contribution in [0.25, 0.3) is 0 Å². The van der Waals surface area contributed by atoms with E-state index in [0.717, 1.165) is 18.9 Å². The molecule has 1 heterocycles. The molecule has 1 saturated heterocycles. The Morgan fingerprint density at radius 1 is 1.59 bits per heavy atom. The molecule has 0 aromatic rings. The van der Waals surface area contributed by atoms with Crippen LogP contribution in [0, 0.1) is 17.8 Å². The average molecular weight is 238 g/mol. The van der Waals surface area contributed by atoms with E-state index in [2.05, 4.69) is 36.2 Å². The van der Waals surface area contributed by atoms with Gasteiger partial charge in [-0.2, -0.15) is 0 Å². The van der Waals surface area contributed by atoms with Gasteiger partial charge in [0.1, 0.15) is 12.3 Å². The van der Waals surface area contributed by atoms with E-state index in [1.807, 2.05) is 6.92 Å². The first-order valence-corrected chi connectivity index (χ1v) is 6.12. The van der Waals surface area contributed by atoms with Crippen LogP contribution in [0.5, 0.6) is 0 Å². The molecule has 0 saturated carbocycles. The molecule has 0 spiro atoms. The molecule has 1 N–H and O–H groups in total. The van der Waals surface area contributed by atoms with Gasteiger partial charge in [0.15, 0.2) is 0 Å². The van der Waals surface area contributed by atoms with Gasteiger partial charge in [-0.25, -0.2) is 0 Å². The second kappa shape index (κ2) is 7.31. The van der Waals surface area contributed by atoms with Crippen molar-refractivity contribution < 1.29 is 9.57 Å². The highest BCUT2D eigenvalue weighted by Gasteiger charge is 2.21. The number of ether oxygens (including phenoxy) is 1. The number of rotatable bonds is 4. The van der Waals surface area contributed by atoms with Crippen molar-refractivity contribution in [1.29, 1.82) is 0 Å². The maximum absolute atomic E-state index is 5.52. The lowest BCUT2D eigenvalue weighted by atomic mass is 10.1. The third-order valence-corrected chi connectivity index (χ3v) is 2.67. The number of hydrogen-bond acceptors (Lipinski definition) is 4. The van der Waals surface area contributed by atoms with Crippen molar-refractivity contribution in [3.05, 3.63) is 0 Å². The van der Waals surface area contributed by atoms with Crippen LogP contribution in [0.1, 0.15) is 27.7 Å². The molecule has 1 rings (SSSR count). The van der Waals surface area contributed by atoms with Gasteiger partial charge in [0.2, 0.25) is 0 Å². The summed E-state index contributed by atoms with van der Waals surface area (Å²) in [6.07, 6.45) is 0.165. The van der Waals surface area contributed by atoms with Crippen molar-refractivity contribution in [2.75, 3.05) is 19.8 Å². The van der Waals surface area contributed by atoms with Gasteiger partial charge >= 0.3 is 0 Å². The molecule has 0 radical (unpaired) electrons. The Labute approximate surface area is 104 Å². The first-order chi connectivity index (χ1) is 8.15. The molecule has 0 aliphatic carbocycles. The summed E-state index contributed by atoms with van der Waals surface area (Å²) in [5.41, 5.74) is 0.789. The van der Waals surface area contributed by atoms with Crippen molar-refractivity contribution in [2.24, 2.45) is 11.1 Å². The maximum atomic E-state index is 5.52. The Morgan fingerprint density at radius 2 is 2.35 bits per heavy atom. The van der Waals surface area contributed by atoms with E-state index in [-0.39, 0.29) is 18.1 Å². The molecule has 0 unspecified atom stereocenters. The van der Waals surface area contributed by atoms with Crippen molar-refractivity contribution in [1.82, 2.24) is 5.32 Å². The van der Waals surface area contributed by atoms with Gasteiger partial charge in [-0.1, -0.05) is 24.9 Å². The number of morpholine rings is 1. The van der Waals surface area contributed by atoms with Gasteiger partial charge in [0.25, 0.3) is 0 Å². The summed E-state index contributed by atoms with van der Waals surface area (Å²) in [6, 6.07) is 0.204. The van der Waals surface area contributed by atoms with Crippen LogP contribution in [0.3, 0.4) is 0 Å². The average Bonchev–Trinajstić information content (AvgIpc) is 2.30. The maximum Gasteiger partial charge on any atom is 0.135 e.